The molecule has 0 radical (unpaired) electrons. The highest BCUT2D eigenvalue weighted by Gasteiger charge is 2.20. The Kier molecular flexibility index (Phi) is 5.94. The first kappa shape index (κ1) is 20.2. The van der Waals surface area contributed by atoms with E-state index in [2.05, 4.69) is 4.72 Å². The lowest BCUT2D eigenvalue weighted by molar-refractivity contribution is 0.354. The fourth-order valence-electron chi connectivity index (χ4n) is 2.36. The van der Waals surface area contributed by atoms with Gasteiger partial charge in [-0.2, -0.15) is 0 Å². The van der Waals surface area contributed by atoms with Crippen LogP contribution in [0.1, 0.15) is 18.5 Å². The molecule has 1 atom stereocenters. The minimum absolute atomic E-state index is 0.0368. The van der Waals surface area contributed by atoms with Gasteiger partial charge in [-0.3, -0.25) is 0 Å². The molecule has 0 aliphatic carbocycles. The quantitative estimate of drug-likeness (QED) is 0.766. The second kappa shape index (κ2) is 7.65. The van der Waals surface area contributed by atoms with Gasteiger partial charge >= 0.3 is 0 Å². The van der Waals surface area contributed by atoms with Crippen LogP contribution in [0.15, 0.2) is 52.3 Å². The molecule has 0 aliphatic rings. The predicted octanol–water partition coefficient (Wildman–Crippen LogP) is 2.15. The zero-order valence-corrected chi connectivity index (χ0v) is 16.5. The number of sulfone groups is 1. The van der Waals surface area contributed by atoms with E-state index in [-0.39, 0.29) is 9.79 Å². The zero-order valence-electron chi connectivity index (χ0n) is 14.9. The third-order valence-corrected chi connectivity index (χ3v) is 6.47. The number of sulfonamides is 1. The van der Waals surface area contributed by atoms with Crippen LogP contribution in [0, 0.1) is 0 Å². The number of rotatable bonds is 7. The van der Waals surface area contributed by atoms with Crippen molar-refractivity contribution in [1.29, 1.82) is 0 Å². The monoisotopic (exact) mass is 399 g/mol. The molecule has 2 rings (SSSR count). The molecular weight excluding hydrogens is 378 g/mol. The van der Waals surface area contributed by atoms with Crippen molar-refractivity contribution in [3.8, 4) is 11.5 Å². The fourth-order valence-corrected chi connectivity index (χ4v) is 4.23. The van der Waals surface area contributed by atoms with Crippen LogP contribution in [0.5, 0.6) is 11.5 Å². The summed E-state index contributed by atoms with van der Waals surface area (Å²) in [6, 6.07) is 9.82. The van der Waals surface area contributed by atoms with Crippen molar-refractivity contribution in [3.05, 3.63) is 48.0 Å². The summed E-state index contributed by atoms with van der Waals surface area (Å²) in [5.74, 6) is 0.733. The van der Waals surface area contributed by atoms with Crippen LogP contribution in [0.2, 0.25) is 0 Å². The maximum Gasteiger partial charge on any atom is 0.241 e. The van der Waals surface area contributed by atoms with E-state index in [0.29, 0.717) is 17.1 Å². The Morgan fingerprint density at radius 2 is 1.38 bits per heavy atom. The summed E-state index contributed by atoms with van der Waals surface area (Å²) in [6.45, 7) is 1.67. The second-order valence-corrected chi connectivity index (χ2v) is 9.43. The molecule has 142 valence electrons. The maximum atomic E-state index is 12.6. The highest BCUT2D eigenvalue weighted by Crippen LogP contribution is 2.30. The van der Waals surface area contributed by atoms with E-state index < -0.39 is 25.9 Å². The molecule has 7 nitrogen and oxygen atoms in total. The standard InChI is InChI=1S/C17H21NO6S2/c1-12(13-5-7-14(8-6-13)25(4,19)20)18-26(21,22)15-9-10-16(23-2)17(11-15)24-3/h5-12,18H,1-4H3/t12-/m0/s1. The summed E-state index contributed by atoms with van der Waals surface area (Å²) in [5.41, 5.74) is 0.640. The molecule has 0 aromatic heterocycles. The summed E-state index contributed by atoms with van der Waals surface area (Å²) >= 11 is 0. The van der Waals surface area contributed by atoms with Crippen molar-refractivity contribution >= 4 is 19.9 Å². The number of ether oxygens (including phenoxy) is 2. The van der Waals surface area contributed by atoms with E-state index in [1.807, 2.05) is 0 Å². The molecule has 0 spiro atoms. The van der Waals surface area contributed by atoms with E-state index in [4.69, 9.17) is 9.47 Å². The third kappa shape index (κ3) is 4.54. The lowest BCUT2D eigenvalue weighted by Gasteiger charge is -2.16. The van der Waals surface area contributed by atoms with Crippen LogP contribution in [-0.4, -0.2) is 37.3 Å². The third-order valence-electron chi connectivity index (χ3n) is 3.81. The molecule has 0 saturated heterocycles. The summed E-state index contributed by atoms with van der Waals surface area (Å²) < 4.78 is 61.0. The molecule has 0 aliphatic heterocycles. The molecule has 0 heterocycles. The Labute approximate surface area is 153 Å². The van der Waals surface area contributed by atoms with Crippen molar-refractivity contribution in [1.82, 2.24) is 4.72 Å². The van der Waals surface area contributed by atoms with E-state index in [1.54, 1.807) is 19.1 Å². The smallest absolute Gasteiger partial charge is 0.241 e. The van der Waals surface area contributed by atoms with Crippen molar-refractivity contribution in [3.63, 3.8) is 0 Å². The molecule has 2 aromatic carbocycles. The van der Waals surface area contributed by atoms with E-state index in [1.165, 1.54) is 44.6 Å². The molecule has 0 unspecified atom stereocenters. The molecule has 26 heavy (non-hydrogen) atoms. The Bertz CT molecular complexity index is 982. The first-order valence-electron chi connectivity index (χ1n) is 7.63. The lowest BCUT2D eigenvalue weighted by atomic mass is 10.1. The maximum absolute atomic E-state index is 12.6. The fraction of sp³-hybridized carbons (Fsp3) is 0.294. The van der Waals surface area contributed by atoms with Gasteiger partial charge in [0, 0.05) is 18.4 Å². The summed E-state index contributed by atoms with van der Waals surface area (Å²) in [4.78, 5) is 0.214. The lowest BCUT2D eigenvalue weighted by Crippen LogP contribution is -2.27. The SMILES string of the molecule is COc1ccc(S(=O)(=O)N[C@@H](C)c2ccc(S(C)(=O)=O)cc2)cc1OC. The molecule has 0 bridgehead atoms. The van der Waals surface area contributed by atoms with Gasteiger partial charge in [-0.1, -0.05) is 12.1 Å². The van der Waals surface area contributed by atoms with Gasteiger partial charge in [-0.25, -0.2) is 21.6 Å². The average Bonchev–Trinajstić information content (AvgIpc) is 2.60. The van der Waals surface area contributed by atoms with Crippen LogP contribution in [0.3, 0.4) is 0 Å². The van der Waals surface area contributed by atoms with Gasteiger partial charge in [0.15, 0.2) is 21.3 Å². The van der Waals surface area contributed by atoms with Crippen LogP contribution >= 0.6 is 0 Å². The second-order valence-electron chi connectivity index (χ2n) is 5.70. The molecule has 2 aromatic rings. The van der Waals surface area contributed by atoms with E-state index in [9.17, 15) is 16.8 Å². The average molecular weight is 399 g/mol. The van der Waals surface area contributed by atoms with Gasteiger partial charge in [0.05, 0.1) is 24.0 Å². The van der Waals surface area contributed by atoms with Gasteiger partial charge < -0.3 is 9.47 Å². The van der Waals surface area contributed by atoms with Crippen LogP contribution in [0.25, 0.3) is 0 Å². The normalized spacial score (nSPS) is 13.2. The Hall–Kier alpha value is -2.10. The predicted molar refractivity (Wildman–Crippen MR) is 97.8 cm³/mol. The highest BCUT2D eigenvalue weighted by atomic mass is 32.2. The highest BCUT2D eigenvalue weighted by molar-refractivity contribution is 7.90. The van der Waals surface area contributed by atoms with Gasteiger partial charge in [0.25, 0.3) is 0 Å². The summed E-state index contributed by atoms with van der Waals surface area (Å²) in [7, 11) is -4.22. The first-order chi connectivity index (χ1) is 12.1. The molecule has 1 N–H and O–H groups in total. The summed E-state index contributed by atoms with van der Waals surface area (Å²) in [5, 5.41) is 0. The van der Waals surface area contributed by atoms with Crippen molar-refractivity contribution in [2.24, 2.45) is 0 Å². The summed E-state index contributed by atoms with van der Waals surface area (Å²) in [6.07, 6.45) is 1.12. The Morgan fingerprint density at radius 1 is 0.846 bits per heavy atom. The van der Waals surface area contributed by atoms with Gasteiger partial charge in [-0.15, -0.1) is 0 Å². The van der Waals surface area contributed by atoms with Crippen LogP contribution in [0.4, 0.5) is 0 Å². The number of hydrogen-bond acceptors (Lipinski definition) is 6. The van der Waals surface area contributed by atoms with Crippen molar-refractivity contribution in [2.75, 3.05) is 20.5 Å². The number of hydrogen-bond donors (Lipinski definition) is 1. The zero-order chi connectivity index (χ0) is 19.5. The Balaban J connectivity index is 2.26. The van der Waals surface area contributed by atoms with Gasteiger partial charge in [0.1, 0.15) is 0 Å². The number of methoxy groups -OCH3 is 2. The van der Waals surface area contributed by atoms with Crippen LogP contribution in [-0.2, 0) is 19.9 Å². The molecule has 9 heteroatoms. The van der Waals surface area contributed by atoms with Crippen molar-refractivity contribution < 1.29 is 26.3 Å². The number of benzene rings is 2. The minimum atomic E-state index is -3.81. The van der Waals surface area contributed by atoms with Crippen LogP contribution < -0.4 is 14.2 Å². The van der Waals surface area contributed by atoms with E-state index >= 15 is 0 Å². The van der Waals surface area contributed by atoms with Crippen molar-refractivity contribution in [2.45, 2.75) is 22.8 Å². The Morgan fingerprint density at radius 3 is 1.88 bits per heavy atom. The van der Waals surface area contributed by atoms with E-state index in [0.717, 1.165) is 6.26 Å². The number of nitrogens with one attached hydrogen (secondary N) is 1. The molecule has 0 saturated carbocycles. The molecule has 0 amide bonds. The first-order valence-corrected chi connectivity index (χ1v) is 11.0. The molecule has 0 fully saturated rings. The van der Waals surface area contributed by atoms with Gasteiger partial charge in [0.2, 0.25) is 10.0 Å². The minimum Gasteiger partial charge on any atom is -0.493 e. The topological polar surface area (TPSA) is 98.8 Å². The van der Waals surface area contributed by atoms with Gasteiger partial charge in [-0.05, 0) is 36.8 Å². The molecular formula is C17H21NO6S2. The largest absolute Gasteiger partial charge is 0.493 e.